The maximum atomic E-state index is 5.22. The lowest BCUT2D eigenvalue weighted by atomic mass is 10.2. The lowest BCUT2D eigenvalue weighted by Gasteiger charge is -2.22. The van der Waals surface area contributed by atoms with Crippen molar-refractivity contribution >= 4 is 0 Å². The molecule has 5 nitrogen and oxygen atoms in total. The summed E-state index contributed by atoms with van der Waals surface area (Å²) < 4.78 is 5.22. The number of nitrogens with one attached hydrogen (secondary N) is 1. The van der Waals surface area contributed by atoms with Crippen LogP contribution in [0.25, 0.3) is 0 Å². The Labute approximate surface area is 109 Å². The van der Waals surface area contributed by atoms with Gasteiger partial charge in [-0.15, -0.1) is 0 Å². The van der Waals surface area contributed by atoms with Gasteiger partial charge < -0.3 is 9.84 Å². The van der Waals surface area contributed by atoms with Crippen LogP contribution in [-0.2, 0) is 13.0 Å². The zero-order valence-corrected chi connectivity index (χ0v) is 11.5. The van der Waals surface area contributed by atoms with Crippen molar-refractivity contribution in [2.24, 2.45) is 0 Å². The molecule has 2 rings (SSSR count). The van der Waals surface area contributed by atoms with E-state index in [4.69, 9.17) is 4.52 Å². The minimum absolute atomic E-state index is 0.631. The summed E-state index contributed by atoms with van der Waals surface area (Å²) in [7, 11) is 0. The molecule has 0 bridgehead atoms. The maximum absolute atomic E-state index is 5.22. The van der Waals surface area contributed by atoms with Crippen molar-refractivity contribution in [3.8, 4) is 0 Å². The number of hydrogen-bond donors (Lipinski definition) is 1. The number of aromatic nitrogens is 2. The Bertz CT molecular complexity index is 347. The molecule has 0 saturated carbocycles. The van der Waals surface area contributed by atoms with Gasteiger partial charge in [0.1, 0.15) is 0 Å². The van der Waals surface area contributed by atoms with E-state index >= 15 is 0 Å². The molecule has 1 unspecified atom stereocenters. The van der Waals surface area contributed by atoms with Crippen LogP contribution in [0.1, 0.15) is 44.8 Å². The SMILES string of the molecule is CCCc1nc(CN(CC)CC2CCCN2)no1. The van der Waals surface area contributed by atoms with E-state index in [1.807, 2.05) is 0 Å². The molecule has 2 heterocycles. The first-order chi connectivity index (χ1) is 8.81. The van der Waals surface area contributed by atoms with Crippen LogP contribution in [0.15, 0.2) is 4.52 Å². The van der Waals surface area contributed by atoms with Gasteiger partial charge in [-0.25, -0.2) is 0 Å². The Morgan fingerprint density at radius 1 is 1.44 bits per heavy atom. The van der Waals surface area contributed by atoms with Gasteiger partial charge in [0.2, 0.25) is 5.89 Å². The molecular weight excluding hydrogens is 228 g/mol. The summed E-state index contributed by atoms with van der Waals surface area (Å²) >= 11 is 0. The summed E-state index contributed by atoms with van der Waals surface area (Å²) in [5.74, 6) is 1.58. The highest BCUT2D eigenvalue weighted by Gasteiger charge is 2.18. The van der Waals surface area contributed by atoms with Crippen LogP contribution in [-0.4, -0.2) is 40.7 Å². The average molecular weight is 252 g/mol. The first-order valence-electron chi connectivity index (χ1n) is 7.09. The van der Waals surface area contributed by atoms with Crippen LogP contribution in [0.5, 0.6) is 0 Å². The van der Waals surface area contributed by atoms with E-state index in [-0.39, 0.29) is 0 Å². The summed E-state index contributed by atoms with van der Waals surface area (Å²) in [5, 5.41) is 7.58. The van der Waals surface area contributed by atoms with Crippen molar-refractivity contribution in [1.29, 1.82) is 0 Å². The van der Waals surface area contributed by atoms with Crippen molar-refractivity contribution in [3.05, 3.63) is 11.7 Å². The molecule has 5 heteroatoms. The van der Waals surface area contributed by atoms with E-state index in [1.54, 1.807) is 0 Å². The predicted molar refractivity (Wildman–Crippen MR) is 70.3 cm³/mol. The normalized spacial score (nSPS) is 19.8. The van der Waals surface area contributed by atoms with E-state index in [0.717, 1.165) is 50.7 Å². The molecule has 18 heavy (non-hydrogen) atoms. The third kappa shape index (κ3) is 3.78. The van der Waals surface area contributed by atoms with E-state index in [2.05, 4.69) is 34.2 Å². The molecule has 1 N–H and O–H groups in total. The smallest absolute Gasteiger partial charge is 0.226 e. The summed E-state index contributed by atoms with van der Waals surface area (Å²) in [4.78, 5) is 6.80. The van der Waals surface area contributed by atoms with Crippen LogP contribution in [0.2, 0.25) is 0 Å². The van der Waals surface area contributed by atoms with Gasteiger partial charge in [0.15, 0.2) is 5.82 Å². The van der Waals surface area contributed by atoms with Gasteiger partial charge in [-0.1, -0.05) is 19.0 Å². The minimum atomic E-state index is 0.631. The second kappa shape index (κ2) is 6.85. The van der Waals surface area contributed by atoms with Crippen LogP contribution < -0.4 is 5.32 Å². The fourth-order valence-corrected chi connectivity index (χ4v) is 2.40. The maximum Gasteiger partial charge on any atom is 0.226 e. The molecule has 1 aromatic rings. The fourth-order valence-electron chi connectivity index (χ4n) is 2.40. The molecule has 1 aliphatic heterocycles. The van der Waals surface area contributed by atoms with Crippen molar-refractivity contribution in [2.45, 2.75) is 52.1 Å². The van der Waals surface area contributed by atoms with Gasteiger partial charge in [-0.05, 0) is 32.4 Å². The zero-order chi connectivity index (χ0) is 12.8. The van der Waals surface area contributed by atoms with Gasteiger partial charge in [0.25, 0.3) is 0 Å². The molecule has 1 aromatic heterocycles. The molecule has 1 saturated heterocycles. The monoisotopic (exact) mass is 252 g/mol. The second-order valence-electron chi connectivity index (χ2n) is 4.98. The number of likely N-dealkylation sites (N-methyl/N-ethyl adjacent to an activating group) is 1. The number of hydrogen-bond acceptors (Lipinski definition) is 5. The third-order valence-corrected chi connectivity index (χ3v) is 3.43. The first kappa shape index (κ1) is 13.5. The van der Waals surface area contributed by atoms with E-state index in [9.17, 15) is 0 Å². The van der Waals surface area contributed by atoms with Gasteiger partial charge >= 0.3 is 0 Å². The molecule has 0 aliphatic carbocycles. The van der Waals surface area contributed by atoms with Gasteiger partial charge in [0.05, 0.1) is 6.54 Å². The lowest BCUT2D eigenvalue weighted by Crippen LogP contribution is -2.37. The van der Waals surface area contributed by atoms with E-state index in [1.165, 1.54) is 12.8 Å². The average Bonchev–Trinajstić information content (AvgIpc) is 3.01. The highest BCUT2D eigenvalue weighted by atomic mass is 16.5. The Balaban J connectivity index is 1.83. The molecule has 1 fully saturated rings. The number of nitrogens with zero attached hydrogens (tertiary/aromatic N) is 3. The molecule has 102 valence electrons. The third-order valence-electron chi connectivity index (χ3n) is 3.43. The van der Waals surface area contributed by atoms with Crippen LogP contribution >= 0.6 is 0 Å². The fraction of sp³-hybridized carbons (Fsp3) is 0.846. The van der Waals surface area contributed by atoms with Crippen molar-refractivity contribution in [3.63, 3.8) is 0 Å². The molecule has 0 spiro atoms. The van der Waals surface area contributed by atoms with Crippen LogP contribution in [0, 0.1) is 0 Å². The Kier molecular flexibility index (Phi) is 5.13. The summed E-state index contributed by atoms with van der Waals surface area (Å²) in [5.41, 5.74) is 0. The Hall–Kier alpha value is -0.940. The Morgan fingerprint density at radius 2 is 2.33 bits per heavy atom. The lowest BCUT2D eigenvalue weighted by molar-refractivity contribution is 0.243. The number of aryl methyl sites for hydroxylation is 1. The molecule has 0 amide bonds. The van der Waals surface area contributed by atoms with Crippen molar-refractivity contribution in [2.75, 3.05) is 19.6 Å². The van der Waals surface area contributed by atoms with Crippen molar-refractivity contribution in [1.82, 2.24) is 20.4 Å². The molecule has 1 aliphatic rings. The second-order valence-corrected chi connectivity index (χ2v) is 4.98. The predicted octanol–water partition coefficient (Wildman–Crippen LogP) is 1.60. The van der Waals surface area contributed by atoms with Gasteiger partial charge in [-0.3, -0.25) is 4.90 Å². The number of rotatable bonds is 7. The molecule has 0 radical (unpaired) electrons. The standard InChI is InChI=1S/C13H24N4O/c1-3-6-13-15-12(16-18-13)10-17(4-2)9-11-7-5-8-14-11/h11,14H,3-10H2,1-2H3. The summed E-state index contributed by atoms with van der Waals surface area (Å²) in [6, 6.07) is 0.631. The molecule has 1 atom stereocenters. The first-order valence-corrected chi connectivity index (χ1v) is 7.09. The highest BCUT2D eigenvalue weighted by Crippen LogP contribution is 2.09. The zero-order valence-electron chi connectivity index (χ0n) is 11.5. The van der Waals surface area contributed by atoms with E-state index in [0.29, 0.717) is 6.04 Å². The topological polar surface area (TPSA) is 54.2 Å². The van der Waals surface area contributed by atoms with Gasteiger partial charge in [0, 0.05) is 19.0 Å². The summed E-state index contributed by atoms with van der Waals surface area (Å²) in [6.07, 6.45) is 4.50. The largest absolute Gasteiger partial charge is 0.339 e. The minimum Gasteiger partial charge on any atom is -0.339 e. The molecule has 0 aromatic carbocycles. The van der Waals surface area contributed by atoms with E-state index < -0.39 is 0 Å². The highest BCUT2D eigenvalue weighted by molar-refractivity contribution is 4.87. The van der Waals surface area contributed by atoms with Crippen LogP contribution in [0.4, 0.5) is 0 Å². The Morgan fingerprint density at radius 3 is 3.00 bits per heavy atom. The summed E-state index contributed by atoms with van der Waals surface area (Å²) in [6.45, 7) is 8.35. The van der Waals surface area contributed by atoms with Crippen LogP contribution in [0.3, 0.4) is 0 Å². The van der Waals surface area contributed by atoms with Crippen molar-refractivity contribution < 1.29 is 4.52 Å². The molecular formula is C13H24N4O. The van der Waals surface area contributed by atoms with Gasteiger partial charge in [-0.2, -0.15) is 4.98 Å². The quantitative estimate of drug-likeness (QED) is 0.798.